The molecule has 0 spiro atoms. The van der Waals surface area contributed by atoms with E-state index >= 15 is 0 Å². The number of hydrogen-bond acceptors (Lipinski definition) is 2. The fraction of sp³-hybridized carbons (Fsp3) is 1.00. The summed E-state index contributed by atoms with van der Waals surface area (Å²) < 4.78 is 4.61. The van der Waals surface area contributed by atoms with E-state index in [1.807, 2.05) is 6.92 Å². The number of rotatable bonds is 3. The molecule has 2 nitrogen and oxygen atoms in total. The summed E-state index contributed by atoms with van der Waals surface area (Å²) >= 11 is 0. The lowest BCUT2D eigenvalue weighted by atomic mass is 10.6. The molecule has 0 aromatic carbocycles. The van der Waals surface area contributed by atoms with E-state index < -0.39 is 8.38 Å². The zero-order valence-electron chi connectivity index (χ0n) is 4.72. The van der Waals surface area contributed by atoms with Crippen LogP contribution in [-0.2, 0) is 4.52 Å². The van der Waals surface area contributed by atoms with Gasteiger partial charge in [0.05, 0.1) is 0 Å². The Hall–Kier alpha value is 0.350. The van der Waals surface area contributed by atoms with Crippen molar-refractivity contribution in [3.8, 4) is 0 Å². The van der Waals surface area contributed by atoms with E-state index in [-0.39, 0.29) is 0 Å². The van der Waals surface area contributed by atoms with Gasteiger partial charge in [-0.3, -0.25) is 0 Å². The molecule has 0 fully saturated rings. The van der Waals surface area contributed by atoms with E-state index in [1.165, 1.54) is 7.11 Å². The van der Waals surface area contributed by atoms with Gasteiger partial charge in [0.1, 0.15) is 0 Å². The standard InChI is InChI=1S/C4H11O2P/c1-3-4-7(5)6-2/h5H,3-4H2,1-2H3. The lowest BCUT2D eigenvalue weighted by Crippen LogP contribution is -1.80. The highest BCUT2D eigenvalue weighted by Gasteiger charge is 1.96. The third-order valence-electron chi connectivity index (χ3n) is 0.626. The van der Waals surface area contributed by atoms with Crippen molar-refractivity contribution in [1.29, 1.82) is 0 Å². The van der Waals surface area contributed by atoms with Gasteiger partial charge in [0.25, 0.3) is 0 Å². The molecule has 0 radical (unpaired) electrons. The molecule has 0 aliphatic heterocycles. The van der Waals surface area contributed by atoms with Gasteiger partial charge in [-0.25, -0.2) is 0 Å². The van der Waals surface area contributed by atoms with E-state index in [0.29, 0.717) is 0 Å². The van der Waals surface area contributed by atoms with Gasteiger partial charge in [-0.1, -0.05) is 6.92 Å². The van der Waals surface area contributed by atoms with E-state index in [0.717, 1.165) is 12.6 Å². The summed E-state index contributed by atoms with van der Waals surface area (Å²) in [5, 5.41) is 0. The normalized spacial score (nSPS) is 14.1. The molecule has 0 heterocycles. The molecule has 0 aliphatic carbocycles. The first-order valence-electron chi connectivity index (χ1n) is 2.31. The lowest BCUT2D eigenvalue weighted by molar-refractivity contribution is 0.390. The van der Waals surface area contributed by atoms with Gasteiger partial charge in [0, 0.05) is 13.3 Å². The average molecular weight is 122 g/mol. The Labute approximate surface area is 45.4 Å². The van der Waals surface area contributed by atoms with Crippen LogP contribution in [-0.4, -0.2) is 18.2 Å². The van der Waals surface area contributed by atoms with E-state index in [2.05, 4.69) is 4.52 Å². The summed E-state index contributed by atoms with van der Waals surface area (Å²) in [6.45, 7) is 2.02. The van der Waals surface area contributed by atoms with Crippen molar-refractivity contribution in [2.24, 2.45) is 0 Å². The molecule has 0 saturated carbocycles. The highest BCUT2D eigenvalue weighted by atomic mass is 31.2. The third-order valence-corrected chi connectivity index (χ3v) is 1.88. The zero-order valence-corrected chi connectivity index (χ0v) is 5.61. The first kappa shape index (κ1) is 7.35. The van der Waals surface area contributed by atoms with Gasteiger partial charge in [-0.05, 0) is 6.42 Å². The maximum Gasteiger partial charge on any atom is 0.167 e. The maximum absolute atomic E-state index is 8.70. The van der Waals surface area contributed by atoms with Crippen molar-refractivity contribution < 1.29 is 9.42 Å². The van der Waals surface area contributed by atoms with Crippen molar-refractivity contribution in [3.63, 3.8) is 0 Å². The molecule has 7 heavy (non-hydrogen) atoms. The van der Waals surface area contributed by atoms with Crippen LogP contribution in [0.3, 0.4) is 0 Å². The van der Waals surface area contributed by atoms with Crippen LogP contribution < -0.4 is 0 Å². The van der Waals surface area contributed by atoms with Crippen molar-refractivity contribution in [2.75, 3.05) is 13.3 Å². The Kier molecular flexibility index (Phi) is 4.73. The van der Waals surface area contributed by atoms with Crippen LogP contribution in [0.25, 0.3) is 0 Å². The predicted octanol–water partition coefficient (Wildman–Crippen LogP) is 1.35. The summed E-state index contributed by atoms with van der Waals surface area (Å²) in [6, 6.07) is 0. The molecular weight excluding hydrogens is 111 g/mol. The van der Waals surface area contributed by atoms with Gasteiger partial charge < -0.3 is 9.42 Å². The summed E-state index contributed by atoms with van der Waals surface area (Å²) in [7, 11) is 0.451. The Morgan fingerprint density at radius 3 is 2.43 bits per heavy atom. The second kappa shape index (κ2) is 4.51. The minimum absolute atomic E-state index is 0.797. The van der Waals surface area contributed by atoms with Crippen molar-refractivity contribution in [1.82, 2.24) is 0 Å². The molecule has 3 heteroatoms. The average Bonchev–Trinajstić information content (AvgIpc) is 1.68. The van der Waals surface area contributed by atoms with Crippen molar-refractivity contribution >= 4 is 8.38 Å². The quantitative estimate of drug-likeness (QED) is 0.572. The molecule has 0 amide bonds. The SMILES string of the molecule is CCCP(O)OC. The third kappa shape index (κ3) is 4.20. The second-order valence-electron chi connectivity index (χ2n) is 1.26. The van der Waals surface area contributed by atoms with Crippen LogP contribution in [0.2, 0.25) is 0 Å². The molecular formula is C4H11O2P. The monoisotopic (exact) mass is 122 g/mol. The van der Waals surface area contributed by atoms with Crippen LogP contribution in [0.5, 0.6) is 0 Å². The summed E-state index contributed by atoms with van der Waals surface area (Å²) in [5.41, 5.74) is 0. The van der Waals surface area contributed by atoms with Gasteiger partial charge in [-0.2, -0.15) is 0 Å². The molecule has 44 valence electrons. The van der Waals surface area contributed by atoms with Gasteiger partial charge in [0.2, 0.25) is 0 Å². The molecule has 0 saturated heterocycles. The molecule has 0 aliphatic rings. The Morgan fingerprint density at radius 1 is 1.71 bits per heavy atom. The lowest BCUT2D eigenvalue weighted by Gasteiger charge is -2.01. The summed E-state index contributed by atoms with van der Waals surface area (Å²) in [6.07, 6.45) is 1.79. The Morgan fingerprint density at radius 2 is 2.29 bits per heavy atom. The fourth-order valence-electron chi connectivity index (χ4n) is 0.283. The van der Waals surface area contributed by atoms with E-state index in [9.17, 15) is 0 Å². The molecule has 1 unspecified atom stereocenters. The van der Waals surface area contributed by atoms with E-state index in [4.69, 9.17) is 4.89 Å². The fourth-order valence-corrected chi connectivity index (χ4v) is 0.848. The van der Waals surface area contributed by atoms with Crippen LogP contribution in [0.4, 0.5) is 0 Å². The van der Waals surface area contributed by atoms with Crippen LogP contribution >= 0.6 is 8.38 Å². The highest BCUT2D eigenvalue weighted by Crippen LogP contribution is 2.29. The first-order valence-corrected chi connectivity index (χ1v) is 3.71. The van der Waals surface area contributed by atoms with Crippen molar-refractivity contribution in [2.45, 2.75) is 13.3 Å². The minimum atomic E-state index is -1.08. The second-order valence-corrected chi connectivity index (χ2v) is 2.78. The Balaban J connectivity index is 2.83. The zero-order chi connectivity index (χ0) is 5.70. The smallest absolute Gasteiger partial charge is 0.167 e. The highest BCUT2D eigenvalue weighted by molar-refractivity contribution is 7.46. The van der Waals surface area contributed by atoms with E-state index in [1.54, 1.807) is 0 Å². The molecule has 1 atom stereocenters. The van der Waals surface area contributed by atoms with Crippen LogP contribution in [0, 0.1) is 0 Å². The van der Waals surface area contributed by atoms with Gasteiger partial charge in [0.15, 0.2) is 8.38 Å². The summed E-state index contributed by atoms with van der Waals surface area (Å²) in [4.78, 5) is 8.70. The molecule has 0 aromatic heterocycles. The number of hydrogen-bond donors (Lipinski definition) is 1. The minimum Gasteiger partial charge on any atom is -0.350 e. The van der Waals surface area contributed by atoms with Crippen molar-refractivity contribution in [3.05, 3.63) is 0 Å². The topological polar surface area (TPSA) is 29.5 Å². The molecule has 0 bridgehead atoms. The van der Waals surface area contributed by atoms with Gasteiger partial charge >= 0.3 is 0 Å². The van der Waals surface area contributed by atoms with Gasteiger partial charge in [-0.15, -0.1) is 0 Å². The van der Waals surface area contributed by atoms with Crippen LogP contribution in [0.15, 0.2) is 0 Å². The predicted molar refractivity (Wildman–Crippen MR) is 31.3 cm³/mol. The largest absolute Gasteiger partial charge is 0.350 e. The molecule has 0 aromatic rings. The molecule has 1 N–H and O–H groups in total. The first-order chi connectivity index (χ1) is 3.31. The summed E-state index contributed by atoms with van der Waals surface area (Å²) in [5.74, 6) is 0. The maximum atomic E-state index is 8.70. The van der Waals surface area contributed by atoms with Crippen LogP contribution in [0.1, 0.15) is 13.3 Å². The Bertz CT molecular complexity index is 40.7. The molecule has 0 rings (SSSR count).